The average Bonchev–Trinajstić information content (AvgIpc) is 2.40. The molecule has 0 spiro atoms. The van der Waals surface area contributed by atoms with Gasteiger partial charge < -0.3 is 5.32 Å². The lowest BCUT2D eigenvalue weighted by Crippen LogP contribution is -2.51. The maximum Gasteiger partial charge on any atom is 0.224 e. The fourth-order valence-electron chi connectivity index (χ4n) is 1.55. The molecule has 0 unspecified atom stereocenters. The Kier molecular flexibility index (Phi) is 7.15. The summed E-state index contributed by atoms with van der Waals surface area (Å²) in [5, 5.41) is 5.42. The molecule has 0 heterocycles. The highest BCUT2D eigenvalue weighted by Gasteiger charge is 2.27. The van der Waals surface area contributed by atoms with Gasteiger partial charge in [-0.05, 0) is 24.1 Å². The lowest BCUT2D eigenvalue weighted by atomic mass is 10.0. The van der Waals surface area contributed by atoms with Crippen molar-refractivity contribution in [3.63, 3.8) is 0 Å². The molecule has 19 heavy (non-hydrogen) atoms. The highest BCUT2D eigenvalue weighted by atomic mass is 79.9. The number of halogens is 4. The third-order valence-electron chi connectivity index (χ3n) is 2.94. The van der Waals surface area contributed by atoms with E-state index in [1.807, 2.05) is 13.0 Å². The van der Waals surface area contributed by atoms with Crippen LogP contribution in [0.4, 0.5) is 0 Å². The van der Waals surface area contributed by atoms with Crippen molar-refractivity contribution in [2.24, 2.45) is 0 Å². The van der Waals surface area contributed by atoms with Gasteiger partial charge in [-0.2, -0.15) is 0 Å². The highest BCUT2D eigenvalue weighted by molar-refractivity contribution is 9.09. The van der Waals surface area contributed by atoms with Crippen molar-refractivity contribution in [2.45, 2.75) is 25.3 Å². The number of rotatable bonds is 6. The number of alkyl halides is 2. The molecule has 1 aromatic carbocycles. The van der Waals surface area contributed by atoms with Crippen molar-refractivity contribution in [1.29, 1.82) is 0 Å². The van der Waals surface area contributed by atoms with Crippen molar-refractivity contribution >= 4 is 61.0 Å². The third-order valence-corrected chi connectivity index (χ3v) is 5.83. The summed E-state index contributed by atoms with van der Waals surface area (Å²) in [7, 11) is 0. The molecule has 0 fully saturated rings. The SMILES string of the molecule is CCC(CBr)(CBr)NC(=O)Cc1ccc(Cl)c(Cl)c1. The highest BCUT2D eigenvalue weighted by Crippen LogP contribution is 2.23. The standard InChI is InChI=1S/C13H15Br2Cl2NO/c1-2-13(7-14,8-15)18-12(19)6-9-3-4-10(16)11(17)5-9/h3-5H,2,6-8H2,1H3,(H,18,19). The number of benzene rings is 1. The summed E-state index contributed by atoms with van der Waals surface area (Å²) in [4.78, 5) is 12.1. The summed E-state index contributed by atoms with van der Waals surface area (Å²) < 4.78 is 0. The van der Waals surface area contributed by atoms with E-state index in [0.717, 1.165) is 12.0 Å². The van der Waals surface area contributed by atoms with Gasteiger partial charge in [-0.1, -0.05) is 68.1 Å². The second-order valence-corrected chi connectivity index (χ2v) is 6.31. The van der Waals surface area contributed by atoms with Crippen LogP contribution in [0.3, 0.4) is 0 Å². The number of hydrogen-bond donors (Lipinski definition) is 1. The molecule has 0 aliphatic heterocycles. The Morgan fingerprint density at radius 2 is 1.89 bits per heavy atom. The predicted molar refractivity (Wildman–Crippen MR) is 88.9 cm³/mol. The van der Waals surface area contributed by atoms with E-state index in [1.165, 1.54) is 0 Å². The van der Waals surface area contributed by atoms with Gasteiger partial charge in [0.2, 0.25) is 5.91 Å². The smallest absolute Gasteiger partial charge is 0.224 e. The Bertz CT molecular complexity index is 442. The van der Waals surface area contributed by atoms with Crippen LogP contribution in [0.25, 0.3) is 0 Å². The van der Waals surface area contributed by atoms with Crippen LogP contribution in [0.2, 0.25) is 10.0 Å². The van der Waals surface area contributed by atoms with Gasteiger partial charge in [0, 0.05) is 10.7 Å². The number of carbonyl (C=O) groups is 1. The third kappa shape index (κ3) is 4.92. The molecule has 106 valence electrons. The minimum Gasteiger partial charge on any atom is -0.349 e. The first kappa shape index (κ1) is 17.3. The second-order valence-electron chi connectivity index (χ2n) is 4.37. The maximum absolute atomic E-state index is 12.1. The summed E-state index contributed by atoms with van der Waals surface area (Å²) in [6.07, 6.45) is 1.13. The van der Waals surface area contributed by atoms with Gasteiger partial charge in [-0.15, -0.1) is 0 Å². The molecule has 2 nitrogen and oxygen atoms in total. The Balaban J connectivity index is 2.71. The van der Waals surface area contributed by atoms with Crippen molar-refractivity contribution in [3.8, 4) is 0 Å². The van der Waals surface area contributed by atoms with Crippen LogP contribution in [0.5, 0.6) is 0 Å². The van der Waals surface area contributed by atoms with Crippen molar-refractivity contribution < 1.29 is 4.79 Å². The van der Waals surface area contributed by atoms with Crippen LogP contribution in [-0.4, -0.2) is 22.1 Å². The number of carbonyl (C=O) groups excluding carboxylic acids is 1. The molecular weight excluding hydrogens is 417 g/mol. The number of nitrogens with one attached hydrogen (secondary N) is 1. The van der Waals surface area contributed by atoms with Crippen LogP contribution in [-0.2, 0) is 11.2 Å². The normalized spacial score (nSPS) is 11.4. The van der Waals surface area contributed by atoms with Crippen molar-refractivity contribution in [1.82, 2.24) is 5.32 Å². The van der Waals surface area contributed by atoms with Crippen molar-refractivity contribution in [2.75, 3.05) is 10.7 Å². The fourth-order valence-corrected chi connectivity index (χ4v) is 3.88. The maximum atomic E-state index is 12.1. The van der Waals surface area contributed by atoms with Crippen LogP contribution in [0, 0.1) is 0 Å². The van der Waals surface area contributed by atoms with Crippen LogP contribution in [0.1, 0.15) is 18.9 Å². The van der Waals surface area contributed by atoms with E-state index >= 15 is 0 Å². The lowest BCUT2D eigenvalue weighted by molar-refractivity contribution is -0.121. The van der Waals surface area contributed by atoms with Gasteiger partial charge >= 0.3 is 0 Å². The van der Waals surface area contributed by atoms with Gasteiger partial charge in [0.25, 0.3) is 0 Å². The zero-order valence-electron chi connectivity index (χ0n) is 10.5. The number of amides is 1. The predicted octanol–water partition coefficient (Wildman–Crippen LogP) is 4.59. The molecule has 0 bridgehead atoms. The summed E-state index contributed by atoms with van der Waals surface area (Å²) in [6.45, 7) is 2.04. The fraction of sp³-hybridized carbons (Fsp3) is 0.462. The van der Waals surface area contributed by atoms with Gasteiger partial charge in [-0.25, -0.2) is 0 Å². The molecular formula is C13H15Br2Cl2NO. The quantitative estimate of drug-likeness (QED) is 0.656. The van der Waals surface area contributed by atoms with E-state index in [2.05, 4.69) is 37.2 Å². The Morgan fingerprint density at radius 3 is 2.37 bits per heavy atom. The van der Waals surface area contributed by atoms with Crippen LogP contribution >= 0.6 is 55.1 Å². The van der Waals surface area contributed by atoms with E-state index in [1.54, 1.807) is 12.1 Å². The zero-order chi connectivity index (χ0) is 14.5. The van der Waals surface area contributed by atoms with Crippen molar-refractivity contribution in [3.05, 3.63) is 33.8 Å². The zero-order valence-corrected chi connectivity index (χ0v) is 15.2. The summed E-state index contributed by atoms with van der Waals surface area (Å²) >= 11 is 18.7. The first-order chi connectivity index (χ1) is 8.96. The minimum atomic E-state index is -0.257. The minimum absolute atomic E-state index is 0.0286. The molecule has 1 amide bonds. The molecule has 0 aliphatic carbocycles. The van der Waals surface area contributed by atoms with E-state index in [-0.39, 0.29) is 11.4 Å². The first-order valence-corrected chi connectivity index (χ1v) is 8.83. The Hall–Kier alpha value is 0.230. The lowest BCUT2D eigenvalue weighted by Gasteiger charge is -2.30. The Labute approximate surface area is 140 Å². The largest absolute Gasteiger partial charge is 0.349 e. The van der Waals surface area contributed by atoms with Gasteiger partial charge in [-0.3, -0.25) is 4.79 Å². The molecule has 0 atom stereocenters. The first-order valence-electron chi connectivity index (χ1n) is 5.83. The topological polar surface area (TPSA) is 29.1 Å². The molecule has 1 N–H and O–H groups in total. The molecule has 0 radical (unpaired) electrons. The Morgan fingerprint density at radius 1 is 1.26 bits per heavy atom. The van der Waals surface area contributed by atoms with Gasteiger partial charge in [0.05, 0.1) is 22.0 Å². The van der Waals surface area contributed by atoms with E-state index in [0.29, 0.717) is 27.1 Å². The molecule has 6 heteroatoms. The summed E-state index contributed by atoms with van der Waals surface area (Å²) in [5.74, 6) is -0.0286. The molecule has 1 aromatic rings. The monoisotopic (exact) mass is 429 g/mol. The summed E-state index contributed by atoms with van der Waals surface area (Å²) in [5.41, 5.74) is 0.592. The molecule has 0 saturated carbocycles. The van der Waals surface area contributed by atoms with E-state index < -0.39 is 0 Å². The molecule has 0 aliphatic rings. The van der Waals surface area contributed by atoms with E-state index in [4.69, 9.17) is 23.2 Å². The van der Waals surface area contributed by atoms with Gasteiger partial charge in [0.1, 0.15) is 0 Å². The van der Waals surface area contributed by atoms with E-state index in [9.17, 15) is 4.79 Å². The molecule has 0 saturated heterocycles. The molecule has 1 rings (SSSR count). The average molecular weight is 432 g/mol. The van der Waals surface area contributed by atoms with Gasteiger partial charge in [0.15, 0.2) is 0 Å². The molecule has 0 aromatic heterocycles. The second kappa shape index (κ2) is 7.87. The number of hydrogen-bond acceptors (Lipinski definition) is 1. The van der Waals surface area contributed by atoms with Crippen LogP contribution < -0.4 is 5.32 Å². The van der Waals surface area contributed by atoms with Crippen LogP contribution in [0.15, 0.2) is 18.2 Å². The summed E-state index contributed by atoms with van der Waals surface area (Å²) in [6, 6.07) is 5.23.